The highest BCUT2D eigenvalue weighted by Gasteiger charge is 2.29. The van der Waals surface area contributed by atoms with Gasteiger partial charge < -0.3 is 15.5 Å². The molecule has 0 bridgehead atoms. The Morgan fingerprint density at radius 2 is 1.32 bits per heavy atom. The van der Waals surface area contributed by atoms with Gasteiger partial charge in [-0.05, 0) is 50.7 Å². The molecule has 0 atom stereocenters. The zero-order valence-electron chi connectivity index (χ0n) is 16.0. The number of hydrogen-bond donors (Lipinski definition) is 1. The van der Waals surface area contributed by atoms with Crippen LogP contribution in [0.2, 0.25) is 0 Å². The quantitative estimate of drug-likeness (QED) is 0.636. The standard InChI is InChI=1S/C20H26N6O2/c21-17-15(24-11-3-1-4-12-24)7-9-22-18(17)19-20(26(27)28)16(8-10-23-19)25-13-5-2-6-14-25/h7-10H,1-6,11-14,21H2. The Hall–Kier alpha value is -2.90. The predicted molar refractivity (Wildman–Crippen MR) is 111 cm³/mol. The summed E-state index contributed by atoms with van der Waals surface area (Å²) in [6.07, 6.45) is 10.0. The van der Waals surface area contributed by atoms with E-state index in [2.05, 4.69) is 19.8 Å². The predicted octanol–water partition coefficient (Wildman–Crippen LogP) is 3.61. The summed E-state index contributed by atoms with van der Waals surface area (Å²) in [7, 11) is 0. The first-order chi connectivity index (χ1) is 13.7. The zero-order valence-corrected chi connectivity index (χ0v) is 16.0. The molecule has 0 radical (unpaired) electrons. The van der Waals surface area contributed by atoms with Gasteiger partial charge in [-0.25, -0.2) is 4.98 Å². The summed E-state index contributed by atoms with van der Waals surface area (Å²) in [6, 6.07) is 3.63. The van der Waals surface area contributed by atoms with E-state index in [0.717, 1.165) is 64.0 Å². The Balaban J connectivity index is 1.79. The van der Waals surface area contributed by atoms with E-state index in [-0.39, 0.29) is 16.3 Å². The van der Waals surface area contributed by atoms with Crippen LogP contribution in [0.3, 0.4) is 0 Å². The summed E-state index contributed by atoms with van der Waals surface area (Å²) < 4.78 is 0. The van der Waals surface area contributed by atoms with E-state index in [4.69, 9.17) is 5.73 Å². The number of nitrogen functional groups attached to an aromatic ring is 1. The van der Waals surface area contributed by atoms with E-state index in [0.29, 0.717) is 17.1 Å². The number of nitro groups is 1. The van der Waals surface area contributed by atoms with Crippen LogP contribution in [-0.2, 0) is 0 Å². The van der Waals surface area contributed by atoms with E-state index in [9.17, 15) is 10.1 Å². The van der Waals surface area contributed by atoms with E-state index >= 15 is 0 Å². The molecule has 2 aromatic rings. The summed E-state index contributed by atoms with van der Waals surface area (Å²) in [6.45, 7) is 3.52. The zero-order chi connectivity index (χ0) is 19.5. The fraction of sp³-hybridized carbons (Fsp3) is 0.500. The van der Waals surface area contributed by atoms with E-state index in [1.165, 1.54) is 6.42 Å². The number of pyridine rings is 2. The average Bonchev–Trinajstić information content (AvgIpc) is 2.74. The van der Waals surface area contributed by atoms with Crippen LogP contribution in [0.15, 0.2) is 24.5 Å². The average molecular weight is 382 g/mol. The lowest BCUT2D eigenvalue weighted by Gasteiger charge is -2.30. The molecule has 28 heavy (non-hydrogen) atoms. The molecule has 0 aromatic carbocycles. The fourth-order valence-corrected chi connectivity index (χ4v) is 4.25. The minimum atomic E-state index is -0.346. The topological polar surface area (TPSA) is 101 Å². The first kappa shape index (κ1) is 18.5. The highest BCUT2D eigenvalue weighted by molar-refractivity contribution is 5.88. The van der Waals surface area contributed by atoms with Gasteiger partial charge in [-0.3, -0.25) is 15.1 Å². The molecule has 2 N–H and O–H groups in total. The van der Waals surface area contributed by atoms with E-state index in [1.54, 1.807) is 18.5 Å². The lowest BCUT2D eigenvalue weighted by molar-refractivity contribution is -0.383. The van der Waals surface area contributed by atoms with Crippen LogP contribution in [0.1, 0.15) is 38.5 Å². The number of piperidine rings is 2. The molecule has 148 valence electrons. The maximum atomic E-state index is 12.0. The third-order valence-corrected chi connectivity index (χ3v) is 5.67. The van der Waals surface area contributed by atoms with Gasteiger partial charge in [0.25, 0.3) is 0 Å². The summed E-state index contributed by atoms with van der Waals surface area (Å²) in [5.41, 5.74) is 9.09. The number of anilines is 3. The number of nitrogens with two attached hydrogens (primary N) is 1. The van der Waals surface area contributed by atoms with Crippen LogP contribution < -0.4 is 15.5 Å². The number of nitrogens with zero attached hydrogens (tertiary/aromatic N) is 5. The molecule has 0 spiro atoms. The third-order valence-electron chi connectivity index (χ3n) is 5.67. The smallest absolute Gasteiger partial charge is 0.320 e. The molecule has 2 aliphatic heterocycles. The van der Waals surface area contributed by atoms with Gasteiger partial charge in [-0.15, -0.1) is 0 Å². The van der Waals surface area contributed by atoms with E-state index in [1.807, 2.05) is 6.07 Å². The van der Waals surface area contributed by atoms with Crippen LogP contribution in [-0.4, -0.2) is 41.1 Å². The van der Waals surface area contributed by atoms with Crippen LogP contribution in [0.25, 0.3) is 11.4 Å². The molecule has 0 aliphatic carbocycles. The Kier molecular flexibility index (Phi) is 5.27. The summed E-state index contributed by atoms with van der Waals surface area (Å²) in [5.74, 6) is 0. The van der Waals surface area contributed by atoms with Gasteiger partial charge in [0.15, 0.2) is 5.69 Å². The third kappa shape index (κ3) is 3.46. The van der Waals surface area contributed by atoms with Gasteiger partial charge >= 0.3 is 5.69 Å². The molecule has 0 unspecified atom stereocenters. The molecular formula is C20H26N6O2. The Morgan fingerprint density at radius 3 is 1.89 bits per heavy atom. The monoisotopic (exact) mass is 382 g/mol. The van der Waals surface area contributed by atoms with E-state index < -0.39 is 0 Å². The Bertz CT molecular complexity index is 860. The van der Waals surface area contributed by atoms with Gasteiger partial charge in [0.05, 0.1) is 16.3 Å². The maximum Gasteiger partial charge on any atom is 0.320 e. The van der Waals surface area contributed by atoms with Gasteiger partial charge in [-0.2, -0.15) is 0 Å². The van der Waals surface area contributed by atoms with Crippen molar-refractivity contribution < 1.29 is 4.92 Å². The molecular weight excluding hydrogens is 356 g/mol. The molecule has 2 aliphatic rings. The molecule has 2 fully saturated rings. The van der Waals surface area contributed by atoms with Crippen LogP contribution >= 0.6 is 0 Å². The summed E-state index contributed by atoms with van der Waals surface area (Å²) in [5, 5.41) is 12.0. The number of hydrogen-bond acceptors (Lipinski definition) is 7. The highest BCUT2D eigenvalue weighted by Crippen LogP contribution is 2.41. The molecule has 2 saturated heterocycles. The van der Waals surface area contributed by atoms with Gasteiger partial charge in [0.2, 0.25) is 0 Å². The SMILES string of the molecule is Nc1c(N2CCCCC2)ccnc1-c1nccc(N2CCCCC2)c1[N+](=O)[O-]. The van der Waals surface area contributed by atoms with Crippen molar-refractivity contribution in [3.05, 3.63) is 34.6 Å². The molecule has 8 heteroatoms. The lowest BCUT2D eigenvalue weighted by Crippen LogP contribution is -2.30. The van der Waals surface area contributed by atoms with Crippen molar-refractivity contribution >= 4 is 22.7 Å². The normalized spacial score (nSPS) is 17.6. The van der Waals surface area contributed by atoms with Crippen molar-refractivity contribution in [3.8, 4) is 11.4 Å². The largest absolute Gasteiger partial charge is 0.395 e. The van der Waals surface area contributed by atoms with Crippen molar-refractivity contribution in [3.63, 3.8) is 0 Å². The number of rotatable bonds is 4. The molecule has 0 saturated carbocycles. The minimum Gasteiger partial charge on any atom is -0.395 e. The van der Waals surface area contributed by atoms with Crippen LogP contribution in [0, 0.1) is 10.1 Å². The highest BCUT2D eigenvalue weighted by atomic mass is 16.6. The minimum absolute atomic E-state index is 0.000561. The van der Waals surface area contributed by atoms with Gasteiger partial charge in [0, 0.05) is 38.6 Å². The molecule has 0 amide bonds. The summed E-state index contributed by atoms with van der Waals surface area (Å²) >= 11 is 0. The maximum absolute atomic E-state index is 12.0. The first-order valence-corrected chi connectivity index (χ1v) is 10.0. The van der Waals surface area contributed by atoms with Crippen molar-refractivity contribution in [2.75, 3.05) is 41.7 Å². The van der Waals surface area contributed by atoms with Crippen molar-refractivity contribution in [2.24, 2.45) is 0 Å². The van der Waals surface area contributed by atoms with Crippen LogP contribution in [0.4, 0.5) is 22.7 Å². The van der Waals surface area contributed by atoms with Crippen molar-refractivity contribution in [2.45, 2.75) is 38.5 Å². The lowest BCUT2D eigenvalue weighted by atomic mass is 10.1. The second kappa shape index (κ2) is 8.00. The van der Waals surface area contributed by atoms with Gasteiger partial charge in [0.1, 0.15) is 11.4 Å². The summed E-state index contributed by atoms with van der Waals surface area (Å²) in [4.78, 5) is 24.7. The molecule has 8 nitrogen and oxygen atoms in total. The Labute approximate surface area is 164 Å². The molecule has 2 aromatic heterocycles. The molecule has 4 rings (SSSR count). The second-order valence-corrected chi connectivity index (χ2v) is 7.47. The second-order valence-electron chi connectivity index (χ2n) is 7.47. The van der Waals surface area contributed by atoms with Crippen molar-refractivity contribution in [1.82, 2.24) is 9.97 Å². The fourth-order valence-electron chi connectivity index (χ4n) is 4.25. The van der Waals surface area contributed by atoms with Crippen molar-refractivity contribution in [1.29, 1.82) is 0 Å². The first-order valence-electron chi connectivity index (χ1n) is 10.0. The van der Waals surface area contributed by atoms with Crippen LogP contribution in [0.5, 0.6) is 0 Å². The Morgan fingerprint density at radius 1 is 0.821 bits per heavy atom. The molecule has 4 heterocycles. The van der Waals surface area contributed by atoms with Gasteiger partial charge in [-0.1, -0.05) is 0 Å². The number of aromatic nitrogens is 2.